The number of aromatic nitrogens is 2. The van der Waals surface area contributed by atoms with Crippen LogP contribution in [0.25, 0.3) is 27.3 Å². The van der Waals surface area contributed by atoms with Gasteiger partial charge in [-0.25, -0.2) is 4.98 Å². The van der Waals surface area contributed by atoms with Crippen LogP contribution in [0.15, 0.2) is 42.5 Å². The van der Waals surface area contributed by atoms with Gasteiger partial charge in [-0.2, -0.15) is 0 Å². The van der Waals surface area contributed by atoms with E-state index < -0.39 is 0 Å². The third-order valence-electron chi connectivity index (χ3n) is 3.50. The van der Waals surface area contributed by atoms with Crippen LogP contribution in [0.4, 0.5) is 0 Å². The number of hydrogen-bond acceptors (Lipinski definition) is 1. The maximum atomic E-state index is 4.70. The molecule has 2 heterocycles. The van der Waals surface area contributed by atoms with Crippen LogP contribution in [-0.4, -0.2) is 9.38 Å². The van der Waals surface area contributed by atoms with Gasteiger partial charge >= 0.3 is 0 Å². The second-order valence-corrected chi connectivity index (χ2v) is 4.41. The van der Waals surface area contributed by atoms with Gasteiger partial charge in [0.2, 0.25) is 0 Å². The molecule has 0 N–H and O–H groups in total. The van der Waals surface area contributed by atoms with Gasteiger partial charge < -0.3 is 0 Å². The van der Waals surface area contributed by atoms with Crippen LogP contribution in [0.3, 0.4) is 0 Å². The molecule has 2 aromatic heterocycles. The third kappa shape index (κ3) is 0.978. The Morgan fingerprint density at radius 3 is 2.71 bits per heavy atom. The van der Waals surface area contributed by atoms with E-state index >= 15 is 0 Å². The Morgan fingerprint density at radius 1 is 1.00 bits per heavy atom. The molecule has 0 unspecified atom stereocenters. The molecule has 2 aromatic carbocycles. The van der Waals surface area contributed by atoms with Gasteiger partial charge in [-0.3, -0.25) is 4.40 Å². The van der Waals surface area contributed by atoms with Crippen molar-refractivity contribution in [1.29, 1.82) is 0 Å². The molecular formula is C15H12N2. The van der Waals surface area contributed by atoms with Crippen molar-refractivity contribution in [1.82, 2.24) is 9.38 Å². The van der Waals surface area contributed by atoms with Gasteiger partial charge in [0, 0.05) is 17.2 Å². The van der Waals surface area contributed by atoms with Gasteiger partial charge in [-0.1, -0.05) is 37.3 Å². The summed E-state index contributed by atoms with van der Waals surface area (Å²) in [4.78, 5) is 4.70. The third-order valence-corrected chi connectivity index (χ3v) is 3.50. The van der Waals surface area contributed by atoms with Crippen LogP contribution >= 0.6 is 0 Å². The standard InChI is InChI=1S/C15H12N2/c1-2-14-16-12-8-5-7-11-10-6-3-4-9-13(10)17(14)15(11)12/h3-9H,2H2,1H3. The largest absolute Gasteiger partial charge is 0.295 e. The summed E-state index contributed by atoms with van der Waals surface area (Å²) in [7, 11) is 0. The van der Waals surface area contributed by atoms with Crippen molar-refractivity contribution in [3.8, 4) is 0 Å². The molecule has 2 heteroatoms. The van der Waals surface area contributed by atoms with Crippen LogP contribution in [0.5, 0.6) is 0 Å². The van der Waals surface area contributed by atoms with Crippen LogP contribution in [0, 0.1) is 0 Å². The number of para-hydroxylation sites is 2. The number of imidazole rings is 1. The Kier molecular flexibility index (Phi) is 1.57. The molecule has 82 valence electrons. The van der Waals surface area contributed by atoms with Gasteiger partial charge in [0.25, 0.3) is 0 Å². The summed E-state index contributed by atoms with van der Waals surface area (Å²) in [5, 5.41) is 2.63. The molecule has 0 spiro atoms. The molecule has 2 nitrogen and oxygen atoms in total. The minimum absolute atomic E-state index is 0.961. The molecular weight excluding hydrogens is 208 g/mol. The predicted octanol–water partition coefficient (Wildman–Crippen LogP) is 3.64. The van der Waals surface area contributed by atoms with Gasteiger partial charge in [-0.05, 0) is 12.1 Å². The minimum atomic E-state index is 0.961. The summed E-state index contributed by atoms with van der Waals surface area (Å²) in [6, 6.07) is 14.9. The lowest BCUT2D eigenvalue weighted by Crippen LogP contribution is -1.89. The summed E-state index contributed by atoms with van der Waals surface area (Å²) in [5.41, 5.74) is 3.65. The van der Waals surface area contributed by atoms with E-state index in [1.54, 1.807) is 0 Å². The monoisotopic (exact) mass is 220 g/mol. The molecule has 0 aliphatic rings. The van der Waals surface area contributed by atoms with Crippen molar-refractivity contribution >= 4 is 27.3 Å². The molecule has 0 saturated heterocycles. The van der Waals surface area contributed by atoms with Crippen LogP contribution < -0.4 is 0 Å². The maximum Gasteiger partial charge on any atom is 0.114 e. The number of rotatable bonds is 1. The Balaban J connectivity index is 2.44. The second kappa shape index (κ2) is 2.98. The van der Waals surface area contributed by atoms with Crippen molar-refractivity contribution in [3.05, 3.63) is 48.3 Å². The van der Waals surface area contributed by atoms with Gasteiger partial charge in [0.1, 0.15) is 5.82 Å². The highest BCUT2D eigenvalue weighted by atomic mass is 15.0. The summed E-state index contributed by atoms with van der Waals surface area (Å²) >= 11 is 0. The van der Waals surface area contributed by atoms with E-state index in [0.717, 1.165) is 17.8 Å². The normalized spacial score (nSPS) is 12.1. The molecule has 4 rings (SSSR count). The zero-order chi connectivity index (χ0) is 11.4. The molecule has 0 aliphatic carbocycles. The molecule has 0 aliphatic heterocycles. The molecule has 17 heavy (non-hydrogen) atoms. The molecule has 0 fully saturated rings. The lowest BCUT2D eigenvalue weighted by atomic mass is 10.1. The van der Waals surface area contributed by atoms with E-state index in [1.807, 2.05) is 0 Å². The van der Waals surface area contributed by atoms with E-state index in [-0.39, 0.29) is 0 Å². The smallest absolute Gasteiger partial charge is 0.114 e. The fraction of sp³-hybridized carbons (Fsp3) is 0.133. The van der Waals surface area contributed by atoms with Gasteiger partial charge in [-0.15, -0.1) is 0 Å². The number of aryl methyl sites for hydroxylation is 1. The first-order valence-corrected chi connectivity index (χ1v) is 6.00. The van der Waals surface area contributed by atoms with E-state index in [4.69, 9.17) is 4.98 Å². The average molecular weight is 220 g/mol. The minimum Gasteiger partial charge on any atom is -0.295 e. The van der Waals surface area contributed by atoms with Gasteiger partial charge in [0.05, 0.1) is 16.6 Å². The number of benzene rings is 2. The number of nitrogens with zero attached hydrogens (tertiary/aromatic N) is 2. The average Bonchev–Trinajstić information content (AvgIpc) is 2.92. The maximum absolute atomic E-state index is 4.70. The van der Waals surface area contributed by atoms with Crippen molar-refractivity contribution < 1.29 is 0 Å². The zero-order valence-electron chi connectivity index (χ0n) is 9.64. The first-order chi connectivity index (χ1) is 8.40. The second-order valence-electron chi connectivity index (χ2n) is 4.41. The number of hydrogen-bond donors (Lipinski definition) is 0. The lowest BCUT2D eigenvalue weighted by molar-refractivity contribution is 0.961. The van der Waals surface area contributed by atoms with E-state index in [2.05, 4.69) is 53.8 Å². The highest BCUT2D eigenvalue weighted by Gasteiger charge is 2.15. The molecule has 0 radical (unpaired) electrons. The fourth-order valence-electron chi connectivity index (χ4n) is 2.79. The number of fused-ring (bicyclic) bond motifs is 3. The SMILES string of the molecule is CCc1nc2cccc3c4ccccc4n1c23. The topological polar surface area (TPSA) is 17.3 Å². The summed E-state index contributed by atoms with van der Waals surface area (Å²) in [6.07, 6.45) is 0.961. The molecule has 0 bridgehead atoms. The first kappa shape index (κ1) is 8.99. The highest BCUT2D eigenvalue weighted by molar-refractivity contribution is 6.13. The van der Waals surface area contributed by atoms with E-state index in [9.17, 15) is 0 Å². The zero-order valence-corrected chi connectivity index (χ0v) is 9.64. The van der Waals surface area contributed by atoms with E-state index in [1.165, 1.54) is 21.8 Å². The van der Waals surface area contributed by atoms with Crippen LogP contribution in [0.1, 0.15) is 12.7 Å². The highest BCUT2D eigenvalue weighted by Crippen LogP contribution is 2.32. The Hall–Kier alpha value is -2.09. The first-order valence-electron chi connectivity index (χ1n) is 6.00. The quantitative estimate of drug-likeness (QED) is 0.478. The lowest BCUT2D eigenvalue weighted by Gasteiger charge is -1.95. The summed E-state index contributed by atoms with van der Waals surface area (Å²) in [6.45, 7) is 2.16. The summed E-state index contributed by atoms with van der Waals surface area (Å²) in [5.74, 6) is 1.15. The van der Waals surface area contributed by atoms with Crippen molar-refractivity contribution in [2.45, 2.75) is 13.3 Å². The van der Waals surface area contributed by atoms with Crippen molar-refractivity contribution in [2.24, 2.45) is 0 Å². The Morgan fingerprint density at radius 2 is 1.82 bits per heavy atom. The Labute approximate surface area is 98.8 Å². The van der Waals surface area contributed by atoms with Crippen molar-refractivity contribution in [3.63, 3.8) is 0 Å². The summed E-state index contributed by atoms with van der Waals surface area (Å²) < 4.78 is 2.31. The Bertz CT molecular complexity index is 826. The van der Waals surface area contributed by atoms with Crippen molar-refractivity contribution in [2.75, 3.05) is 0 Å². The van der Waals surface area contributed by atoms with Crippen LogP contribution in [-0.2, 0) is 6.42 Å². The molecule has 4 aromatic rings. The van der Waals surface area contributed by atoms with Gasteiger partial charge in [0.15, 0.2) is 0 Å². The molecule has 0 atom stereocenters. The van der Waals surface area contributed by atoms with Crippen LogP contribution in [0.2, 0.25) is 0 Å². The van der Waals surface area contributed by atoms with E-state index in [0.29, 0.717) is 0 Å². The predicted molar refractivity (Wildman–Crippen MR) is 70.8 cm³/mol. The molecule has 0 saturated carbocycles. The fourth-order valence-corrected chi connectivity index (χ4v) is 2.79. The molecule has 0 amide bonds.